The lowest BCUT2D eigenvalue weighted by atomic mass is 9.98. The number of alkyl halides is 3. The van der Waals surface area contributed by atoms with E-state index in [4.69, 9.17) is 27.8 Å². The molecule has 2 aromatic heterocycles. The number of imide groups is 1. The van der Waals surface area contributed by atoms with Crippen molar-refractivity contribution in [3.8, 4) is 11.6 Å². The van der Waals surface area contributed by atoms with Crippen molar-refractivity contribution in [2.45, 2.75) is 136 Å². The molecule has 0 fully saturated rings. The van der Waals surface area contributed by atoms with Crippen LogP contribution in [0.5, 0.6) is 0 Å². The molecule has 0 bridgehead atoms. The van der Waals surface area contributed by atoms with Crippen molar-refractivity contribution >= 4 is 42.1 Å². The minimum absolute atomic E-state index is 0.0101. The summed E-state index contributed by atoms with van der Waals surface area (Å²) in [6.07, 6.45) is -8.43. The highest BCUT2D eigenvalue weighted by Crippen LogP contribution is 2.46. The molecule has 2 heterocycles. The molecule has 55 heavy (non-hydrogen) atoms. The number of anilines is 1. The van der Waals surface area contributed by atoms with Crippen LogP contribution in [-0.4, -0.2) is 72.9 Å². The first-order chi connectivity index (χ1) is 25.3. The third kappa shape index (κ3) is 12.3. The second-order valence-corrected chi connectivity index (χ2v) is 21.6. The Bertz CT molecular complexity index is 1750. The first kappa shape index (κ1) is 46.0. The Balaban J connectivity index is 2.07. The molecule has 0 N–H and O–H groups in total. The molecule has 0 aliphatic rings. The molecule has 2 amide bonds. The van der Waals surface area contributed by atoms with Crippen LogP contribution in [0.2, 0.25) is 18.1 Å². The van der Waals surface area contributed by atoms with Gasteiger partial charge in [0.25, 0.3) is 11.8 Å². The lowest BCUT2D eigenvalue weighted by Gasteiger charge is -2.38. The molecule has 17 heteroatoms. The Morgan fingerprint density at radius 3 is 2.16 bits per heavy atom. The van der Waals surface area contributed by atoms with E-state index in [-0.39, 0.29) is 40.3 Å². The van der Waals surface area contributed by atoms with Gasteiger partial charge in [0.2, 0.25) is 5.60 Å². The molecule has 3 rings (SSSR count). The van der Waals surface area contributed by atoms with Gasteiger partial charge in [0.15, 0.2) is 14.0 Å². The second-order valence-electron chi connectivity index (χ2n) is 16.1. The summed E-state index contributed by atoms with van der Waals surface area (Å²) in [4.78, 5) is 31.9. The fourth-order valence-electron chi connectivity index (χ4n) is 4.89. The van der Waals surface area contributed by atoms with Gasteiger partial charge < -0.3 is 27.8 Å². The Morgan fingerprint density at radius 1 is 0.964 bits per heavy atom. The first-order valence-electron chi connectivity index (χ1n) is 18.0. The molecule has 0 spiro atoms. The highest BCUT2D eigenvalue weighted by molar-refractivity contribution is 9.10. The van der Waals surface area contributed by atoms with Gasteiger partial charge in [-0.1, -0.05) is 51.1 Å². The Labute approximate surface area is 331 Å². The van der Waals surface area contributed by atoms with Crippen LogP contribution in [0.25, 0.3) is 11.6 Å². The fraction of sp³-hybridized carbons (Fsp3) is 0.605. The first-order valence-corrected chi connectivity index (χ1v) is 21.7. The topological polar surface area (TPSA) is 135 Å². The average molecular weight is 860 g/mol. The van der Waals surface area contributed by atoms with Crippen molar-refractivity contribution in [3.05, 3.63) is 58.0 Å². The SMILES string of the molecule is Cc1cc(N(C(=O)OC(C)C)C(=O)OC(C)(C)C)c(-c2nnc(C(CCOCC[C@H](C)O[Si](C)(C)C(C)(C)C)(OCc3ccccc3)C(F)(F)F)o2)nc1Br. The summed E-state index contributed by atoms with van der Waals surface area (Å²) in [5, 5.41) is 7.78. The smallest absolute Gasteiger partial charge is 0.426 e. The largest absolute Gasteiger partial charge is 0.446 e. The summed E-state index contributed by atoms with van der Waals surface area (Å²) in [6, 6.07) is 9.74. The quantitative estimate of drug-likeness (QED) is 0.0821. The number of pyridine rings is 1. The molecule has 0 saturated heterocycles. The molecule has 2 atom stereocenters. The van der Waals surface area contributed by atoms with Crippen molar-refractivity contribution in [2.75, 3.05) is 18.1 Å². The normalized spacial score (nSPS) is 14.4. The summed E-state index contributed by atoms with van der Waals surface area (Å²) in [7, 11) is -2.07. The number of amides is 2. The zero-order valence-electron chi connectivity index (χ0n) is 33.7. The second kappa shape index (κ2) is 18.3. The van der Waals surface area contributed by atoms with Crippen LogP contribution in [-0.2, 0) is 35.6 Å². The number of carbonyl (C=O) groups excluding carboxylic acids is 2. The molecule has 1 aromatic carbocycles. The van der Waals surface area contributed by atoms with Crippen molar-refractivity contribution in [3.63, 3.8) is 0 Å². The molecule has 0 aliphatic heterocycles. The third-order valence-corrected chi connectivity index (χ3v) is 14.2. The van der Waals surface area contributed by atoms with E-state index in [1.165, 1.54) is 6.07 Å². The number of benzene rings is 1. The molecular formula is C38H54BrF3N4O8Si. The molecule has 12 nitrogen and oxygen atoms in total. The van der Waals surface area contributed by atoms with Crippen LogP contribution >= 0.6 is 15.9 Å². The maximum atomic E-state index is 15.4. The standard InChI is InChI=1S/C38H54BrF3N4O8Si/c1-24(2)51-33(47)46(34(48)53-35(5,6)7)28-22-25(3)30(39)43-29(28)31-44-45-32(52-31)37(38(40,41)42,50-23-27-16-14-13-15-17-27)19-21-49-20-18-26(4)54-55(11,12)36(8,9)10/h13-17,22,24,26H,18-21,23H2,1-12H3/t26-,37?/m0/s1. The van der Waals surface area contributed by atoms with Gasteiger partial charge in [-0.15, -0.1) is 10.2 Å². The van der Waals surface area contributed by atoms with Gasteiger partial charge >= 0.3 is 18.4 Å². The van der Waals surface area contributed by atoms with Gasteiger partial charge in [0, 0.05) is 19.1 Å². The number of hydrogen-bond donors (Lipinski definition) is 0. The predicted molar refractivity (Wildman–Crippen MR) is 207 cm³/mol. The predicted octanol–water partition coefficient (Wildman–Crippen LogP) is 10.7. The van der Waals surface area contributed by atoms with Gasteiger partial charge in [-0.05, 0) is 106 Å². The van der Waals surface area contributed by atoms with Gasteiger partial charge in [-0.3, -0.25) is 0 Å². The van der Waals surface area contributed by atoms with E-state index < -0.39 is 68.8 Å². The Hall–Kier alpha value is -3.38. The van der Waals surface area contributed by atoms with Crippen LogP contribution in [0.15, 0.2) is 45.4 Å². The van der Waals surface area contributed by atoms with E-state index in [2.05, 4.69) is 65.0 Å². The maximum absolute atomic E-state index is 15.4. The number of aromatic nitrogens is 3. The zero-order chi connectivity index (χ0) is 41.6. The highest BCUT2D eigenvalue weighted by atomic mass is 79.9. The molecule has 3 aromatic rings. The molecule has 0 radical (unpaired) electrons. The van der Waals surface area contributed by atoms with Gasteiger partial charge in [-0.2, -0.15) is 18.1 Å². The lowest BCUT2D eigenvalue weighted by Crippen LogP contribution is -2.46. The van der Waals surface area contributed by atoms with Crippen molar-refractivity contribution in [2.24, 2.45) is 0 Å². The molecule has 1 unspecified atom stereocenters. The van der Waals surface area contributed by atoms with E-state index in [0.29, 0.717) is 22.4 Å². The van der Waals surface area contributed by atoms with Crippen LogP contribution in [0.1, 0.15) is 92.2 Å². The van der Waals surface area contributed by atoms with Crippen molar-refractivity contribution < 1.29 is 50.6 Å². The Morgan fingerprint density at radius 2 is 1.60 bits per heavy atom. The van der Waals surface area contributed by atoms with E-state index >= 15 is 13.2 Å². The summed E-state index contributed by atoms with van der Waals surface area (Å²) >= 11 is 3.32. The molecule has 0 saturated carbocycles. The van der Waals surface area contributed by atoms with E-state index in [9.17, 15) is 9.59 Å². The minimum Gasteiger partial charge on any atom is -0.446 e. The summed E-state index contributed by atoms with van der Waals surface area (Å²) in [5.74, 6) is -1.46. The zero-order valence-corrected chi connectivity index (χ0v) is 36.3. The summed E-state index contributed by atoms with van der Waals surface area (Å²) in [5.41, 5.74) is -3.77. The average Bonchev–Trinajstić information content (AvgIpc) is 3.52. The maximum Gasteiger partial charge on any atom is 0.426 e. The van der Waals surface area contributed by atoms with Crippen LogP contribution in [0.3, 0.4) is 0 Å². The van der Waals surface area contributed by atoms with Crippen LogP contribution in [0, 0.1) is 6.92 Å². The van der Waals surface area contributed by atoms with Gasteiger partial charge in [0.05, 0.1) is 25.0 Å². The van der Waals surface area contributed by atoms with Crippen LogP contribution in [0.4, 0.5) is 28.4 Å². The van der Waals surface area contributed by atoms with E-state index in [1.54, 1.807) is 71.9 Å². The fourth-order valence-corrected chi connectivity index (χ4v) is 6.66. The third-order valence-electron chi connectivity index (χ3n) is 8.80. The minimum atomic E-state index is -5.08. The number of rotatable bonds is 15. The monoisotopic (exact) mass is 858 g/mol. The molecule has 306 valence electrons. The van der Waals surface area contributed by atoms with Gasteiger partial charge in [0.1, 0.15) is 10.2 Å². The van der Waals surface area contributed by atoms with E-state index in [0.717, 1.165) is 0 Å². The molecule has 0 aliphatic carbocycles. The van der Waals surface area contributed by atoms with Gasteiger partial charge in [-0.25, -0.2) is 14.6 Å². The van der Waals surface area contributed by atoms with Crippen molar-refractivity contribution in [1.29, 1.82) is 0 Å². The number of nitrogens with zero attached hydrogens (tertiary/aromatic N) is 4. The number of ether oxygens (including phenoxy) is 4. The Kier molecular flexibility index (Phi) is 15.3. The highest BCUT2D eigenvalue weighted by Gasteiger charge is 2.61. The summed E-state index contributed by atoms with van der Waals surface area (Å²) in [6.45, 7) is 21.5. The number of aryl methyl sites for hydroxylation is 1. The number of halogens is 4. The lowest BCUT2D eigenvalue weighted by molar-refractivity contribution is -0.302. The summed E-state index contributed by atoms with van der Waals surface area (Å²) < 4.78 is 81.1. The van der Waals surface area contributed by atoms with E-state index in [1.807, 2.05) is 6.92 Å². The van der Waals surface area contributed by atoms with Crippen LogP contribution < -0.4 is 4.90 Å². The van der Waals surface area contributed by atoms with Crippen molar-refractivity contribution in [1.82, 2.24) is 15.2 Å². The number of hydrogen-bond acceptors (Lipinski definition) is 11. The molecular weight excluding hydrogens is 805 g/mol. The number of carbonyl (C=O) groups is 2.